The van der Waals surface area contributed by atoms with Gasteiger partial charge in [-0.05, 0) is 30.2 Å². The number of hydrogen-bond donors (Lipinski definition) is 3. The zero-order valence-corrected chi connectivity index (χ0v) is 15.1. The molecule has 0 radical (unpaired) electrons. The largest absolute Gasteiger partial charge is 0.417 e. The highest BCUT2D eigenvalue weighted by atomic mass is 32.2. The van der Waals surface area contributed by atoms with Gasteiger partial charge in [-0.25, -0.2) is 13.6 Å². The lowest BCUT2D eigenvalue weighted by Crippen LogP contribution is -2.41. The molecule has 1 aliphatic rings. The molecule has 3 rings (SSSR count). The zero-order valence-electron chi connectivity index (χ0n) is 14.3. The first-order valence-corrected chi connectivity index (χ1v) is 9.60. The molecule has 0 spiro atoms. The Morgan fingerprint density at radius 2 is 2.04 bits per heavy atom. The number of nitrogens with one attached hydrogen (secondary N) is 1. The number of halogens is 3. The van der Waals surface area contributed by atoms with Crippen LogP contribution in [-0.2, 0) is 21.0 Å². The van der Waals surface area contributed by atoms with Crippen molar-refractivity contribution in [3.63, 3.8) is 0 Å². The molecule has 1 atom stereocenters. The third-order valence-corrected chi connectivity index (χ3v) is 5.45. The Labute approximate surface area is 157 Å². The predicted octanol–water partition coefficient (Wildman–Crippen LogP) is 0.235. The fourth-order valence-corrected chi connectivity index (χ4v) is 4.24. The number of amides is 1. The number of nitrogens with two attached hydrogens (primary N) is 2. The van der Waals surface area contributed by atoms with E-state index in [1.165, 1.54) is 0 Å². The SMILES string of the molecule is NC(=O)C1CCCN(c2ccc(C(F)(F)F)c(S(N)(=O)=O)c2-c2nn[nH]n2)C1. The Kier molecular flexibility index (Phi) is 5.01. The highest BCUT2D eigenvalue weighted by molar-refractivity contribution is 7.89. The number of sulfonamides is 1. The van der Waals surface area contributed by atoms with Gasteiger partial charge >= 0.3 is 6.18 Å². The number of nitrogens with zero attached hydrogens (tertiary/aromatic N) is 4. The molecule has 1 aromatic carbocycles. The van der Waals surface area contributed by atoms with E-state index in [4.69, 9.17) is 10.9 Å². The second-order valence-electron chi connectivity index (χ2n) is 6.30. The van der Waals surface area contributed by atoms with Crippen LogP contribution in [0.15, 0.2) is 17.0 Å². The van der Waals surface area contributed by atoms with Crippen molar-refractivity contribution >= 4 is 21.6 Å². The Morgan fingerprint density at radius 3 is 2.57 bits per heavy atom. The van der Waals surface area contributed by atoms with Gasteiger partial charge in [0.05, 0.1) is 17.0 Å². The normalized spacial score (nSPS) is 18.3. The van der Waals surface area contributed by atoms with E-state index in [-0.39, 0.29) is 18.1 Å². The van der Waals surface area contributed by atoms with E-state index in [2.05, 4.69) is 20.6 Å². The molecular formula is C14H16F3N7O3S. The smallest absolute Gasteiger partial charge is 0.370 e. The molecule has 14 heteroatoms. The van der Waals surface area contributed by atoms with Crippen molar-refractivity contribution in [2.24, 2.45) is 16.8 Å². The molecule has 0 aliphatic carbocycles. The van der Waals surface area contributed by atoms with Crippen LogP contribution in [0.4, 0.5) is 18.9 Å². The number of tetrazole rings is 1. The fourth-order valence-electron chi connectivity index (χ4n) is 3.27. The number of primary sulfonamides is 1. The van der Waals surface area contributed by atoms with Crippen LogP contribution in [0.3, 0.4) is 0 Å². The number of H-pyrrole nitrogens is 1. The summed E-state index contributed by atoms with van der Waals surface area (Å²) >= 11 is 0. The number of alkyl halides is 3. The Hall–Kier alpha value is -2.74. The molecule has 5 N–H and O–H groups in total. The maximum absolute atomic E-state index is 13.5. The van der Waals surface area contributed by atoms with E-state index < -0.39 is 44.0 Å². The van der Waals surface area contributed by atoms with E-state index >= 15 is 0 Å². The van der Waals surface area contributed by atoms with Crippen molar-refractivity contribution < 1.29 is 26.4 Å². The third-order valence-electron chi connectivity index (χ3n) is 4.46. The van der Waals surface area contributed by atoms with Gasteiger partial charge in [-0.1, -0.05) is 0 Å². The molecule has 2 heterocycles. The number of anilines is 1. The van der Waals surface area contributed by atoms with Crippen LogP contribution in [-0.4, -0.2) is 48.0 Å². The molecule has 10 nitrogen and oxygen atoms in total. The number of carbonyl (C=O) groups is 1. The van der Waals surface area contributed by atoms with Crippen molar-refractivity contribution in [2.75, 3.05) is 18.0 Å². The predicted molar refractivity (Wildman–Crippen MR) is 90.1 cm³/mol. The summed E-state index contributed by atoms with van der Waals surface area (Å²) in [7, 11) is -4.82. The molecule has 0 bridgehead atoms. The number of hydrogen-bond acceptors (Lipinski definition) is 7. The monoisotopic (exact) mass is 419 g/mol. The number of primary amides is 1. The van der Waals surface area contributed by atoms with E-state index in [0.29, 0.717) is 25.5 Å². The van der Waals surface area contributed by atoms with Crippen molar-refractivity contribution in [3.8, 4) is 11.4 Å². The summed E-state index contributed by atoms with van der Waals surface area (Å²) in [5.74, 6) is -1.46. The van der Waals surface area contributed by atoms with Crippen LogP contribution in [0.1, 0.15) is 18.4 Å². The lowest BCUT2D eigenvalue weighted by molar-refractivity contribution is -0.139. The summed E-state index contributed by atoms with van der Waals surface area (Å²) in [6.45, 7) is 0.472. The number of carbonyl (C=O) groups excluding carboxylic acids is 1. The van der Waals surface area contributed by atoms with Gasteiger partial charge < -0.3 is 10.6 Å². The van der Waals surface area contributed by atoms with Gasteiger partial charge in [-0.15, -0.1) is 10.2 Å². The Morgan fingerprint density at radius 1 is 1.32 bits per heavy atom. The van der Waals surface area contributed by atoms with Crippen molar-refractivity contribution in [1.29, 1.82) is 0 Å². The molecule has 1 saturated heterocycles. The second-order valence-corrected chi connectivity index (χ2v) is 7.80. The summed E-state index contributed by atoms with van der Waals surface area (Å²) in [5.41, 5.74) is 3.56. The minimum atomic E-state index is -4.99. The first kappa shape index (κ1) is 20.0. The molecular weight excluding hydrogens is 403 g/mol. The lowest BCUT2D eigenvalue weighted by atomic mass is 9.95. The van der Waals surface area contributed by atoms with E-state index in [1.807, 2.05) is 0 Å². The van der Waals surface area contributed by atoms with Gasteiger partial charge in [0.15, 0.2) is 0 Å². The summed E-state index contributed by atoms with van der Waals surface area (Å²) < 4.78 is 64.7. The quantitative estimate of drug-likeness (QED) is 0.639. The van der Waals surface area contributed by atoms with Gasteiger partial charge in [0, 0.05) is 18.8 Å². The minimum absolute atomic E-state index is 0.0874. The summed E-state index contributed by atoms with van der Waals surface area (Å²) in [5, 5.41) is 17.8. The molecule has 1 amide bonds. The summed E-state index contributed by atoms with van der Waals surface area (Å²) in [4.78, 5) is 12.0. The summed E-state index contributed by atoms with van der Waals surface area (Å²) in [6, 6.07) is 1.74. The Balaban J connectivity index is 2.28. The fraction of sp³-hybridized carbons (Fsp3) is 0.429. The average Bonchev–Trinajstić information content (AvgIpc) is 3.13. The van der Waals surface area contributed by atoms with Gasteiger partial charge in [0.25, 0.3) is 0 Å². The van der Waals surface area contributed by atoms with Crippen molar-refractivity contribution in [1.82, 2.24) is 20.6 Å². The summed E-state index contributed by atoms with van der Waals surface area (Å²) in [6.07, 6.45) is -3.94. The second kappa shape index (κ2) is 7.01. The van der Waals surface area contributed by atoms with Crippen LogP contribution >= 0.6 is 0 Å². The molecule has 2 aromatic rings. The molecule has 0 saturated carbocycles. The molecule has 152 valence electrons. The number of benzene rings is 1. The van der Waals surface area contributed by atoms with Crippen LogP contribution in [0, 0.1) is 5.92 Å². The van der Waals surface area contributed by atoms with Gasteiger partial charge in [0.2, 0.25) is 21.8 Å². The maximum atomic E-state index is 13.5. The lowest BCUT2D eigenvalue weighted by Gasteiger charge is -2.34. The highest BCUT2D eigenvalue weighted by Gasteiger charge is 2.40. The first-order chi connectivity index (χ1) is 13.0. The standard InChI is InChI=1S/C14H16F3N7O3S/c15-14(16,17)8-3-4-9(24-5-1-2-7(6-24)12(18)25)10(11(8)28(19,26)27)13-20-22-23-21-13/h3-4,7H,1-2,5-6H2,(H2,18,25)(H2,19,26,27)(H,20,21,22,23). The third kappa shape index (κ3) is 3.77. The topological polar surface area (TPSA) is 161 Å². The number of rotatable bonds is 4. The van der Waals surface area contributed by atoms with Gasteiger partial charge in [-0.3, -0.25) is 4.79 Å². The number of aromatic amines is 1. The maximum Gasteiger partial charge on any atom is 0.417 e. The van der Waals surface area contributed by atoms with Gasteiger partial charge in [0.1, 0.15) is 4.90 Å². The van der Waals surface area contributed by atoms with E-state index in [9.17, 15) is 26.4 Å². The number of piperidine rings is 1. The minimum Gasteiger partial charge on any atom is -0.370 e. The van der Waals surface area contributed by atoms with Crippen molar-refractivity contribution in [3.05, 3.63) is 17.7 Å². The molecule has 28 heavy (non-hydrogen) atoms. The van der Waals surface area contributed by atoms with Gasteiger partial charge in [-0.2, -0.15) is 18.4 Å². The average molecular weight is 419 g/mol. The Bertz CT molecular complexity index is 992. The molecule has 1 aromatic heterocycles. The first-order valence-electron chi connectivity index (χ1n) is 8.05. The van der Waals surface area contributed by atoms with Crippen LogP contribution in [0.2, 0.25) is 0 Å². The van der Waals surface area contributed by atoms with Crippen LogP contribution in [0.25, 0.3) is 11.4 Å². The molecule has 1 unspecified atom stereocenters. The van der Waals surface area contributed by atoms with Crippen LogP contribution < -0.4 is 15.8 Å². The molecule has 1 fully saturated rings. The van der Waals surface area contributed by atoms with E-state index in [1.54, 1.807) is 4.90 Å². The molecule has 1 aliphatic heterocycles. The van der Waals surface area contributed by atoms with E-state index in [0.717, 1.165) is 6.07 Å². The van der Waals surface area contributed by atoms with Crippen molar-refractivity contribution in [2.45, 2.75) is 23.9 Å². The number of aromatic nitrogens is 4. The highest BCUT2D eigenvalue weighted by Crippen LogP contribution is 2.43. The zero-order chi connectivity index (χ0) is 20.7. The van der Waals surface area contributed by atoms with Crippen LogP contribution in [0.5, 0.6) is 0 Å².